The van der Waals surface area contributed by atoms with Gasteiger partial charge >= 0.3 is 0 Å². The van der Waals surface area contributed by atoms with E-state index in [1.54, 1.807) is 12.1 Å². The van der Waals surface area contributed by atoms with Gasteiger partial charge in [0, 0.05) is 54.4 Å². The Morgan fingerprint density at radius 2 is 1.84 bits per heavy atom. The van der Waals surface area contributed by atoms with Crippen LogP contribution in [0.3, 0.4) is 0 Å². The summed E-state index contributed by atoms with van der Waals surface area (Å²) in [7, 11) is 1.39. The number of alkyl halides is 1. The van der Waals surface area contributed by atoms with Crippen molar-refractivity contribution in [1.29, 1.82) is 0 Å². The summed E-state index contributed by atoms with van der Waals surface area (Å²) < 4.78 is 37.2. The fraction of sp³-hybridized carbons (Fsp3) is 0.407. The third kappa shape index (κ3) is 4.61. The first-order valence-corrected chi connectivity index (χ1v) is 13.1. The molecule has 1 aliphatic carbocycles. The van der Waals surface area contributed by atoms with Gasteiger partial charge in [-0.1, -0.05) is 29.3 Å². The van der Waals surface area contributed by atoms with Crippen LogP contribution in [-0.2, 0) is 6.54 Å². The predicted molar refractivity (Wildman–Crippen MR) is 145 cm³/mol. The second-order valence-electron chi connectivity index (χ2n) is 10.1. The first-order valence-electron chi connectivity index (χ1n) is 12.4. The summed E-state index contributed by atoms with van der Waals surface area (Å²) in [5, 5.41) is 1.08. The van der Waals surface area contributed by atoms with Crippen LogP contribution in [0, 0.1) is 5.82 Å². The molecule has 202 valence electrons. The second-order valence-corrected chi connectivity index (χ2v) is 11.0. The number of aromatic nitrogens is 1. The van der Waals surface area contributed by atoms with Crippen molar-refractivity contribution in [1.82, 2.24) is 9.47 Å². The van der Waals surface area contributed by atoms with E-state index < -0.39 is 29.4 Å². The number of hydrogen-bond donors (Lipinski definition) is 1. The molecule has 4 atom stereocenters. The Morgan fingerprint density at radius 3 is 2.39 bits per heavy atom. The average molecular weight is 565 g/mol. The highest BCUT2D eigenvalue weighted by atomic mass is 35.5. The first kappa shape index (κ1) is 26.7. The van der Waals surface area contributed by atoms with E-state index >= 15 is 4.39 Å². The molecule has 1 saturated heterocycles. The molecule has 1 aliphatic heterocycles. The highest BCUT2D eigenvalue weighted by Gasteiger charge is 2.41. The highest BCUT2D eigenvalue weighted by molar-refractivity contribution is 6.35. The number of ether oxygens (including phenoxy) is 1. The molecule has 2 heterocycles. The minimum Gasteiger partial charge on any atom is -0.492 e. The maximum atomic E-state index is 15.8. The molecule has 2 aliphatic rings. The maximum Gasteiger partial charge on any atom is 0.254 e. The third-order valence-electron chi connectivity index (χ3n) is 7.49. The van der Waals surface area contributed by atoms with Gasteiger partial charge in [-0.3, -0.25) is 14.5 Å². The van der Waals surface area contributed by atoms with E-state index in [1.807, 2.05) is 24.8 Å². The molecule has 2 fully saturated rings. The second kappa shape index (κ2) is 10.0. The van der Waals surface area contributed by atoms with Crippen molar-refractivity contribution in [3.8, 4) is 5.75 Å². The molecular formula is C27H28Cl2F2N4O3. The van der Waals surface area contributed by atoms with E-state index in [0.29, 0.717) is 29.7 Å². The number of carbonyl (C=O) groups is 1. The molecule has 11 heteroatoms. The van der Waals surface area contributed by atoms with Gasteiger partial charge in [0.25, 0.3) is 5.91 Å². The lowest BCUT2D eigenvalue weighted by Crippen LogP contribution is -2.56. The highest BCUT2D eigenvalue weighted by Crippen LogP contribution is 2.45. The summed E-state index contributed by atoms with van der Waals surface area (Å²) in [6, 6.07) is 5.93. The number of pyridine rings is 1. The number of methoxy groups -OCH3 is 1. The Balaban J connectivity index is 1.56. The van der Waals surface area contributed by atoms with Gasteiger partial charge in [-0.15, -0.1) is 0 Å². The van der Waals surface area contributed by atoms with Gasteiger partial charge in [0.2, 0.25) is 5.43 Å². The van der Waals surface area contributed by atoms with Crippen molar-refractivity contribution in [2.24, 2.45) is 5.73 Å². The van der Waals surface area contributed by atoms with Gasteiger partial charge in [-0.2, -0.15) is 0 Å². The molecule has 2 unspecified atom stereocenters. The summed E-state index contributed by atoms with van der Waals surface area (Å²) in [5.41, 5.74) is 5.76. The summed E-state index contributed by atoms with van der Waals surface area (Å²) >= 11 is 12.5. The van der Waals surface area contributed by atoms with Crippen LogP contribution in [0.2, 0.25) is 10.0 Å². The topological polar surface area (TPSA) is 80.8 Å². The minimum absolute atomic E-state index is 0.00313. The number of rotatable bonds is 6. The van der Waals surface area contributed by atoms with Gasteiger partial charge in [-0.05, 0) is 37.6 Å². The Bertz CT molecular complexity index is 1490. The molecular weight excluding hydrogens is 537 g/mol. The van der Waals surface area contributed by atoms with E-state index in [1.165, 1.54) is 17.9 Å². The Labute approximate surface area is 228 Å². The zero-order valence-corrected chi connectivity index (χ0v) is 22.7. The zero-order chi connectivity index (χ0) is 27.5. The van der Waals surface area contributed by atoms with Crippen LogP contribution in [0.15, 0.2) is 35.3 Å². The summed E-state index contributed by atoms with van der Waals surface area (Å²) in [5.74, 6) is -1.49. The molecule has 1 aromatic heterocycles. The van der Waals surface area contributed by atoms with Gasteiger partial charge in [0.15, 0.2) is 11.6 Å². The third-order valence-corrected chi connectivity index (χ3v) is 8.08. The lowest BCUT2D eigenvalue weighted by atomic mass is 10.0. The van der Waals surface area contributed by atoms with Crippen molar-refractivity contribution < 1.29 is 18.3 Å². The van der Waals surface area contributed by atoms with E-state index in [0.717, 1.165) is 11.6 Å². The van der Waals surface area contributed by atoms with Gasteiger partial charge in [0.05, 0.1) is 24.1 Å². The maximum absolute atomic E-state index is 15.8. The van der Waals surface area contributed by atoms with Crippen molar-refractivity contribution >= 4 is 45.7 Å². The van der Waals surface area contributed by atoms with Crippen LogP contribution in [0.5, 0.6) is 5.75 Å². The van der Waals surface area contributed by atoms with Crippen LogP contribution in [0.1, 0.15) is 42.2 Å². The average Bonchev–Trinajstić information content (AvgIpc) is 3.58. The first-order chi connectivity index (χ1) is 18.0. The van der Waals surface area contributed by atoms with E-state index in [2.05, 4.69) is 4.90 Å². The van der Waals surface area contributed by atoms with Gasteiger partial charge in [0.1, 0.15) is 17.4 Å². The van der Waals surface area contributed by atoms with E-state index in [9.17, 15) is 14.0 Å². The Kier molecular flexibility index (Phi) is 7.04. The number of primary amides is 1. The van der Waals surface area contributed by atoms with Crippen LogP contribution in [0.4, 0.5) is 14.5 Å². The number of fused-ring (bicyclic) bond motifs is 1. The van der Waals surface area contributed by atoms with Crippen molar-refractivity contribution in [3.05, 3.63) is 67.7 Å². The molecule has 7 nitrogen and oxygen atoms in total. The lowest BCUT2D eigenvalue weighted by Gasteiger charge is -2.46. The molecule has 2 aromatic carbocycles. The number of carbonyl (C=O) groups excluding carboxylic acids is 1. The fourth-order valence-corrected chi connectivity index (χ4v) is 5.97. The summed E-state index contributed by atoms with van der Waals surface area (Å²) in [6.07, 6.45) is 0.329. The zero-order valence-electron chi connectivity index (χ0n) is 21.2. The van der Waals surface area contributed by atoms with Crippen LogP contribution < -0.4 is 20.8 Å². The number of piperazine rings is 1. The molecule has 0 spiro atoms. The normalized spacial score (nSPS) is 23.6. The molecule has 3 aromatic rings. The molecule has 1 saturated carbocycles. The number of benzene rings is 2. The molecule has 2 N–H and O–H groups in total. The smallest absolute Gasteiger partial charge is 0.254 e. The van der Waals surface area contributed by atoms with Crippen molar-refractivity contribution in [2.75, 3.05) is 25.1 Å². The largest absolute Gasteiger partial charge is 0.492 e. The molecule has 0 bridgehead atoms. The summed E-state index contributed by atoms with van der Waals surface area (Å²) in [6.45, 7) is 5.62. The van der Waals surface area contributed by atoms with Crippen LogP contribution >= 0.6 is 23.2 Å². The number of amides is 1. The molecule has 38 heavy (non-hydrogen) atoms. The van der Waals surface area contributed by atoms with Gasteiger partial charge < -0.3 is 19.9 Å². The molecule has 0 radical (unpaired) electrons. The number of nitrogens with two attached hydrogens (primary N) is 1. The standard InChI is InChI=1S/C27H28Cl2F2N4O3/c1-13-9-33(10-14(2)34(13)11-15-4-5-16(28)6-19(15)29)24-21(31)7-17-23(26(24)38-3)35(22-8-20(22)30)12-18(25(17)36)27(32)37/h4-7,12-14,20,22H,8-11H2,1-3H3,(H2,32,37)/t13?,14?,20-,22+/m0/s1. The Hall–Kier alpha value is -2.88. The molecule has 1 amide bonds. The van der Waals surface area contributed by atoms with Crippen LogP contribution in [0.25, 0.3) is 10.9 Å². The van der Waals surface area contributed by atoms with Crippen LogP contribution in [-0.4, -0.2) is 53.8 Å². The van der Waals surface area contributed by atoms with Crippen molar-refractivity contribution in [3.63, 3.8) is 0 Å². The lowest BCUT2D eigenvalue weighted by molar-refractivity contribution is 0.0998. The van der Waals surface area contributed by atoms with Gasteiger partial charge in [-0.25, -0.2) is 8.78 Å². The number of nitrogens with zero attached hydrogens (tertiary/aromatic N) is 3. The Morgan fingerprint density at radius 1 is 1.18 bits per heavy atom. The fourth-order valence-electron chi connectivity index (χ4n) is 5.51. The molecule has 5 rings (SSSR count). The van der Waals surface area contributed by atoms with E-state index in [4.69, 9.17) is 33.7 Å². The SMILES string of the molecule is COc1c(N2CC(C)N(Cc3ccc(Cl)cc3Cl)C(C)C2)c(F)cc2c(=O)c(C(N)=O)cn([C@@H]3C[C@@H]3F)c12. The monoisotopic (exact) mass is 564 g/mol. The number of halogens is 4. The summed E-state index contributed by atoms with van der Waals surface area (Å²) in [4.78, 5) is 29.2. The van der Waals surface area contributed by atoms with E-state index in [-0.39, 0.29) is 46.4 Å². The minimum atomic E-state index is -1.15. The quantitative estimate of drug-likeness (QED) is 0.458. The van der Waals surface area contributed by atoms with Crippen molar-refractivity contribution in [2.45, 2.75) is 51.1 Å². The number of hydrogen-bond acceptors (Lipinski definition) is 5. The number of anilines is 1. The predicted octanol–water partition coefficient (Wildman–Crippen LogP) is 4.94.